The van der Waals surface area contributed by atoms with Gasteiger partial charge in [-0.3, -0.25) is 20.1 Å². The van der Waals surface area contributed by atoms with Crippen LogP contribution in [0.15, 0.2) is 73.3 Å². The van der Waals surface area contributed by atoms with E-state index >= 15 is 0 Å². The highest BCUT2D eigenvalue weighted by Gasteiger charge is 2.20. The predicted octanol–water partition coefficient (Wildman–Crippen LogP) is 2.93. The fraction of sp³-hybridized carbons (Fsp3) is 0.190. The zero-order chi connectivity index (χ0) is 18.2. The van der Waals surface area contributed by atoms with Gasteiger partial charge in [-0.05, 0) is 35.7 Å². The Morgan fingerprint density at radius 1 is 0.962 bits per heavy atom. The number of rotatable bonds is 7. The van der Waals surface area contributed by atoms with Crippen molar-refractivity contribution in [2.45, 2.75) is 26.1 Å². The molecule has 132 valence electrons. The van der Waals surface area contributed by atoms with Crippen LogP contribution in [0.2, 0.25) is 0 Å². The van der Waals surface area contributed by atoms with E-state index < -0.39 is 6.04 Å². The summed E-state index contributed by atoms with van der Waals surface area (Å²) in [6.07, 6.45) is 7.01. The number of amides is 1. The summed E-state index contributed by atoms with van der Waals surface area (Å²) >= 11 is 0. The maximum Gasteiger partial charge on any atom is 0.242 e. The van der Waals surface area contributed by atoms with Crippen LogP contribution in [-0.4, -0.2) is 15.9 Å². The van der Waals surface area contributed by atoms with Crippen molar-refractivity contribution in [3.05, 3.63) is 95.6 Å². The lowest BCUT2D eigenvalue weighted by Crippen LogP contribution is -2.37. The first-order valence-electron chi connectivity index (χ1n) is 8.58. The SMILES string of the molecule is Cc1cccc(C(NCc2cccnc2)C(=O)NCc2cccnc2)c1. The zero-order valence-corrected chi connectivity index (χ0v) is 14.7. The Bertz CT molecular complexity index is 837. The van der Waals surface area contributed by atoms with Crippen LogP contribution in [-0.2, 0) is 17.9 Å². The lowest BCUT2D eigenvalue weighted by atomic mass is 10.0. The van der Waals surface area contributed by atoms with Gasteiger partial charge < -0.3 is 5.32 Å². The standard InChI is InChI=1S/C21H22N4O/c1-16-5-2-8-19(11-16)20(24-14-17-6-3-9-22-12-17)21(26)25-15-18-7-4-10-23-13-18/h2-13,20,24H,14-15H2,1H3,(H,25,26). The molecule has 0 spiro atoms. The minimum absolute atomic E-state index is 0.0663. The molecule has 0 aliphatic carbocycles. The van der Waals surface area contributed by atoms with Gasteiger partial charge in [-0.15, -0.1) is 0 Å². The predicted molar refractivity (Wildman–Crippen MR) is 101 cm³/mol. The molecule has 3 aromatic rings. The molecule has 1 unspecified atom stereocenters. The Hall–Kier alpha value is -3.05. The Labute approximate surface area is 153 Å². The van der Waals surface area contributed by atoms with Crippen LogP contribution in [0.3, 0.4) is 0 Å². The number of nitrogens with zero attached hydrogens (tertiary/aromatic N) is 2. The summed E-state index contributed by atoms with van der Waals surface area (Å²) in [5, 5.41) is 6.34. The summed E-state index contributed by atoms with van der Waals surface area (Å²) in [4.78, 5) is 21.0. The summed E-state index contributed by atoms with van der Waals surface area (Å²) in [7, 11) is 0. The first kappa shape index (κ1) is 17.8. The normalized spacial score (nSPS) is 11.7. The van der Waals surface area contributed by atoms with Gasteiger partial charge in [0.15, 0.2) is 0 Å². The summed E-state index contributed by atoms with van der Waals surface area (Å²) in [6, 6.07) is 15.2. The lowest BCUT2D eigenvalue weighted by molar-refractivity contribution is -0.123. The quantitative estimate of drug-likeness (QED) is 0.690. The molecule has 3 rings (SSSR count). The first-order chi connectivity index (χ1) is 12.7. The van der Waals surface area contributed by atoms with Crippen molar-refractivity contribution < 1.29 is 4.79 Å². The van der Waals surface area contributed by atoms with Gasteiger partial charge >= 0.3 is 0 Å². The molecule has 0 saturated carbocycles. The van der Waals surface area contributed by atoms with Crippen molar-refractivity contribution >= 4 is 5.91 Å². The van der Waals surface area contributed by atoms with Crippen molar-refractivity contribution in [2.75, 3.05) is 0 Å². The molecule has 1 amide bonds. The molecule has 26 heavy (non-hydrogen) atoms. The fourth-order valence-electron chi connectivity index (χ4n) is 2.73. The van der Waals surface area contributed by atoms with Gasteiger partial charge in [0.05, 0.1) is 0 Å². The zero-order valence-electron chi connectivity index (χ0n) is 14.7. The molecular weight excluding hydrogens is 324 g/mol. The van der Waals surface area contributed by atoms with Crippen LogP contribution in [0.5, 0.6) is 0 Å². The number of pyridine rings is 2. The van der Waals surface area contributed by atoms with E-state index in [1.807, 2.05) is 55.5 Å². The van der Waals surface area contributed by atoms with Gasteiger partial charge in [-0.2, -0.15) is 0 Å². The fourth-order valence-corrected chi connectivity index (χ4v) is 2.73. The van der Waals surface area contributed by atoms with E-state index in [4.69, 9.17) is 0 Å². The number of aromatic nitrogens is 2. The van der Waals surface area contributed by atoms with Crippen LogP contribution in [0.4, 0.5) is 0 Å². The van der Waals surface area contributed by atoms with Crippen LogP contribution in [0.1, 0.15) is 28.3 Å². The largest absolute Gasteiger partial charge is 0.350 e. The number of benzene rings is 1. The molecule has 2 aromatic heterocycles. The molecule has 0 radical (unpaired) electrons. The van der Waals surface area contributed by atoms with Gasteiger partial charge in [-0.25, -0.2) is 0 Å². The van der Waals surface area contributed by atoms with Gasteiger partial charge in [0.1, 0.15) is 6.04 Å². The summed E-state index contributed by atoms with van der Waals surface area (Å²) < 4.78 is 0. The number of nitrogens with one attached hydrogen (secondary N) is 2. The van der Waals surface area contributed by atoms with Gasteiger partial charge in [0, 0.05) is 37.9 Å². The highest BCUT2D eigenvalue weighted by atomic mass is 16.2. The number of hydrogen-bond donors (Lipinski definition) is 2. The van der Waals surface area contributed by atoms with E-state index in [0.29, 0.717) is 13.1 Å². The van der Waals surface area contributed by atoms with E-state index in [9.17, 15) is 4.79 Å². The average Bonchev–Trinajstić information content (AvgIpc) is 2.68. The Balaban J connectivity index is 1.72. The maximum absolute atomic E-state index is 12.8. The molecule has 1 aromatic carbocycles. The van der Waals surface area contributed by atoms with Crippen molar-refractivity contribution in [3.63, 3.8) is 0 Å². The highest BCUT2D eigenvalue weighted by molar-refractivity contribution is 5.83. The molecule has 2 N–H and O–H groups in total. The van der Waals surface area contributed by atoms with Crippen molar-refractivity contribution in [3.8, 4) is 0 Å². The molecule has 2 heterocycles. The van der Waals surface area contributed by atoms with E-state index in [2.05, 4.69) is 20.6 Å². The van der Waals surface area contributed by atoms with E-state index in [0.717, 1.165) is 22.3 Å². The van der Waals surface area contributed by atoms with E-state index in [1.54, 1.807) is 24.8 Å². The van der Waals surface area contributed by atoms with E-state index in [1.165, 1.54) is 0 Å². The first-order valence-corrected chi connectivity index (χ1v) is 8.58. The smallest absolute Gasteiger partial charge is 0.242 e. The maximum atomic E-state index is 12.8. The molecular formula is C21H22N4O. The summed E-state index contributed by atoms with van der Waals surface area (Å²) in [5.74, 6) is -0.0663. The third-order valence-electron chi connectivity index (χ3n) is 4.06. The number of hydrogen-bond acceptors (Lipinski definition) is 4. The molecule has 0 bridgehead atoms. The van der Waals surface area contributed by atoms with Gasteiger partial charge in [0.2, 0.25) is 5.91 Å². The van der Waals surface area contributed by atoms with Gasteiger partial charge in [-0.1, -0.05) is 42.0 Å². The topological polar surface area (TPSA) is 66.9 Å². The second kappa shape index (κ2) is 8.87. The molecule has 5 nitrogen and oxygen atoms in total. The molecule has 0 aliphatic rings. The third-order valence-corrected chi connectivity index (χ3v) is 4.06. The molecule has 5 heteroatoms. The Kier molecular flexibility index (Phi) is 6.06. The minimum atomic E-state index is -0.438. The Morgan fingerprint density at radius 2 is 1.65 bits per heavy atom. The monoisotopic (exact) mass is 346 g/mol. The second-order valence-electron chi connectivity index (χ2n) is 6.17. The molecule has 0 saturated heterocycles. The van der Waals surface area contributed by atoms with Crippen molar-refractivity contribution in [1.82, 2.24) is 20.6 Å². The molecule has 0 fully saturated rings. The van der Waals surface area contributed by atoms with Crippen LogP contribution < -0.4 is 10.6 Å². The summed E-state index contributed by atoms with van der Waals surface area (Å²) in [6.45, 7) is 3.03. The average molecular weight is 346 g/mol. The van der Waals surface area contributed by atoms with Gasteiger partial charge in [0.25, 0.3) is 0 Å². The van der Waals surface area contributed by atoms with Crippen LogP contribution >= 0.6 is 0 Å². The van der Waals surface area contributed by atoms with E-state index in [-0.39, 0.29) is 5.91 Å². The third kappa shape index (κ3) is 4.97. The van der Waals surface area contributed by atoms with Crippen LogP contribution in [0.25, 0.3) is 0 Å². The molecule has 1 atom stereocenters. The lowest BCUT2D eigenvalue weighted by Gasteiger charge is -2.19. The Morgan fingerprint density at radius 3 is 2.27 bits per heavy atom. The number of carbonyl (C=O) groups is 1. The highest BCUT2D eigenvalue weighted by Crippen LogP contribution is 2.16. The minimum Gasteiger partial charge on any atom is -0.350 e. The molecule has 0 aliphatic heterocycles. The number of aryl methyl sites for hydroxylation is 1. The van der Waals surface area contributed by atoms with Crippen LogP contribution in [0, 0.1) is 6.92 Å². The number of carbonyl (C=O) groups excluding carboxylic acids is 1. The second-order valence-corrected chi connectivity index (χ2v) is 6.17. The van der Waals surface area contributed by atoms with Crippen molar-refractivity contribution in [2.24, 2.45) is 0 Å². The van der Waals surface area contributed by atoms with Crippen molar-refractivity contribution in [1.29, 1.82) is 0 Å². The summed E-state index contributed by atoms with van der Waals surface area (Å²) in [5.41, 5.74) is 4.06.